The summed E-state index contributed by atoms with van der Waals surface area (Å²) in [7, 11) is 0. The molecule has 0 spiro atoms. The van der Waals surface area contributed by atoms with Crippen LogP contribution in [0.1, 0.15) is 17.4 Å². The van der Waals surface area contributed by atoms with Crippen LogP contribution in [0.5, 0.6) is 0 Å². The van der Waals surface area contributed by atoms with Crippen molar-refractivity contribution in [3.63, 3.8) is 0 Å². The second-order valence-electron chi connectivity index (χ2n) is 6.80. The number of rotatable bonds is 4. The molecule has 25 heavy (non-hydrogen) atoms. The van der Waals surface area contributed by atoms with E-state index in [0.29, 0.717) is 30.5 Å². The Morgan fingerprint density at radius 3 is 2.88 bits per heavy atom. The number of pyridine rings is 1. The number of imidazole rings is 1. The van der Waals surface area contributed by atoms with E-state index in [0.717, 1.165) is 16.9 Å². The first-order valence-corrected chi connectivity index (χ1v) is 8.58. The summed E-state index contributed by atoms with van der Waals surface area (Å²) in [5, 5.41) is 3.67. The monoisotopic (exact) mass is 356 g/mol. The van der Waals surface area contributed by atoms with E-state index in [1.807, 2.05) is 53.1 Å². The van der Waals surface area contributed by atoms with Gasteiger partial charge < -0.3 is 10.1 Å². The van der Waals surface area contributed by atoms with Crippen molar-refractivity contribution in [1.82, 2.24) is 10.3 Å². The molecule has 6 heteroatoms. The first-order chi connectivity index (χ1) is 12.1. The minimum Gasteiger partial charge on any atom is -0.380 e. The topological polar surface area (TPSA) is 58.2 Å². The minimum absolute atomic E-state index is 0.0288. The second-order valence-corrected chi connectivity index (χ2v) is 7.24. The average Bonchev–Trinajstić information content (AvgIpc) is 2.98. The number of aromatic nitrogens is 2. The summed E-state index contributed by atoms with van der Waals surface area (Å²) in [5.74, 6) is 0.701. The number of carbonyl (C=O) groups is 1. The highest BCUT2D eigenvalue weighted by atomic mass is 35.5. The number of fused-ring (bicyclic) bond motifs is 1. The first kappa shape index (κ1) is 16.1. The van der Waals surface area contributed by atoms with Crippen molar-refractivity contribution in [3.05, 3.63) is 59.4 Å². The summed E-state index contributed by atoms with van der Waals surface area (Å²) in [5.41, 5.74) is 2.32. The third-order valence-corrected chi connectivity index (χ3v) is 4.74. The molecule has 1 aliphatic heterocycles. The number of H-pyrrole nitrogens is 1. The molecule has 3 heterocycles. The molecular weight excluding hydrogens is 338 g/mol. The van der Waals surface area contributed by atoms with Gasteiger partial charge in [0.1, 0.15) is 0 Å². The van der Waals surface area contributed by atoms with Crippen LogP contribution in [0.3, 0.4) is 0 Å². The number of halogens is 1. The average molecular weight is 357 g/mol. The SMILES string of the molecule is CC1(CNC(=O)c2[nH]c(-c3cccc(Cl)c3)[n+]3ccccc23)COC1. The van der Waals surface area contributed by atoms with Crippen LogP contribution >= 0.6 is 11.6 Å². The Kier molecular flexibility index (Phi) is 3.98. The molecule has 0 radical (unpaired) electrons. The van der Waals surface area contributed by atoms with E-state index < -0.39 is 0 Å². The van der Waals surface area contributed by atoms with Crippen molar-refractivity contribution in [2.45, 2.75) is 6.92 Å². The Morgan fingerprint density at radius 2 is 2.16 bits per heavy atom. The number of benzene rings is 1. The van der Waals surface area contributed by atoms with Crippen molar-refractivity contribution in [2.24, 2.45) is 5.41 Å². The van der Waals surface area contributed by atoms with Gasteiger partial charge in [0.05, 0.1) is 25.0 Å². The maximum Gasteiger partial charge on any atom is 0.295 e. The fourth-order valence-corrected chi connectivity index (χ4v) is 3.23. The highest BCUT2D eigenvalue weighted by Crippen LogP contribution is 2.25. The van der Waals surface area contributed by atoms with E-state index in [2.05, 4.69) is 17.2 Å². The van der Waals surface area contributed by atoms with Crippen molar-refractivity contribution in [2.75, 3.05) is 19.8 Å². The van der Waals surface area contributed by atoms with Crippen molar-refractivity contribution in [1.29, 1.82) is 0 Å². The Hall–Kier alpha value is -2.37. The van der Waals surface area contributed by atoms with Crippen LogP contribution in [0.4, 0.5) is 0 Å². The lowest BCUT2D eigenvalue weighted by Gasteiger charge is -2.37. The van der Waals surface area contributed by atoms with E-state index in [9.17, 15) is 4.79 Å². The zero-order valence-electron chi connectivity index (χ0n) is 13.9. The molecule has 1 aliphatic rings. The van der Waals surface area contributed by atoms with Gasteiger partial charge in [-0.1, -0.05) is 30.7 Å². The second kappa shape index (κ2) is 6.17. The van der Waals surface area contributed by atoms with Crippen LogP contribution < -0.4 is 9.72 Å². The Balaban J connectivity index is 1.71. The predicted octanol–water partition coefficient (Wildman–Crippen LogP) is 2.84. The third kappa shape index (κ3) is 3.01. The van der Waals surface area contributed by atoms with Gasteiger partial charge in [-0.3, -0.25) is 4.79 Å². The van der Waals surface area contributed by atoms with Gasteiger partial charge in [0.15, 0.2) is 5.52 Å². The largest absolute Gasteiger partial charge is 0.380 e. The fourth-order valence-electron chi connectivity index (χ4n) is 3.04. The van der Waals surface area contributed by atoms with Gasteiger partial charge in [0.2, 0.25) is 5.69 Å². The molecule has 2 aromatic heterocycles. The molecule has 0 atom stereocenters. The lowest BCUT2D eigenvalue weighted by molar-refractivity contribution is -0.498. The molecule has 5 nitrogen and oxygen atoms in total. The Labute approximate surface area is 150 Å². The number of aromatic amines is 1. The molecule has 1 fully saturated rings. The van der Waals surface area contributed by atoms with Gasteiger partial charge >= 0.3 is 0 Å². The highest BCUT2D eigenvalue weighted by molar-refractivity contribution is 6.30. The van der Waals surface area contributed by atoms with Crippen molar-refractivity contribution < 1.29 is 13.9 Å². The van der Waals surface area contributed by atoms with Crippen LogP contribution in [0.15, 0.2) is 48.7 Å². The number of nitrogens with zero attached hydrogens (tertiary/aromatic N) is 1. The number of carbonyl (C=O) groups excluding carboxylic acids is 1. The summed E-state index contributed by atoms with van der Waals surface area (Å²) in [4.78, 5) is 16.0. The lowest BCUT2D eigenvalue weighted by atomic mass is 9.89. The molecule has 0 aliphatic carbocycles. The van der Waals surface area contributed by atoms with E-state index >= 15 is 0 Å². The standard InChI is InChI=1S/C19H18ClN3O2/c1-19(11-25-12-19)10-21-18(24)16-15-7-2-3-8-23(15)17(22-16)13-5-4-6-14(20)9-13/h2-9H,10-12H2,1H3,(H,21,24)/p+1. The molecule has 3 aromatic rings. The van der Waals surface area contributed by atoms with Gasteiger partial charge in [0.25, 0.3) is 11.7 Å². The van der Waals surface area contributed by atoms with E-state index in [1.165, 1.54) is 0 Å². The number of ether oxygens (including phenoxy) is 1. The van der Waals surface area contributed by atoms with Crippen molar-refractivity contribution in [3.8, 4) is 11.4 Å². The number of hydrogen-bond donors (Lipinski definition) is 2. The van der Waals surface area contributed by atoms with Gasteiger partial charge in [-0.25, -0.2) is 4.98 Å². The summed E-state index contributed by atoms with van der Waals surface area (Å²) >= 11 is 6.12. The molecule has 0 unspecified atom stereocenters. The van der Waals surface area contributed by atoms with Crippen LogP contribution in [0.25, 0.3) is 16.9 Å². The van der Waals surface area contributed by atoms with E-state index in [1.54, 1.807) is 0 Å². The molecule has 2 N–H and O–H groups in total. The normalized spacial score (nSPS) is 15.8. The zero-order valence-corrected chi connectivity index (χ0v) is 14.6. The molecule has 128 valence electrons. The summed E-state index contributed by atoms with van der Waals surface area (Å²) in [6, 6.07) is 13.3. The zero-order chi connectivity index (χ0) is 17.4. The molecule has 4 rings (SSSR count). The fraction of sp³-hybridized carbons (Fsp3) is 0.263. The molecule has 1 saturated heterocycles. The van der Waals surface area contributed by atoms with Gasteiger partial charge in [-0.05, 0) is 30.3 Å². The van der Waals surface area contributed by atoms with Crippen LogP contribution in [0, 0.1) is 5.41 Å². The van der Waals surface area contributed by atoms with Gasteiger partial charge in [-0.2, -0.15) is 4.40 Å². The molecule has 0 bridgehead atoms. The quantitative estimate of drug-likeness (QED) is 0.706. The smallest absolute Gasteiger partial charge is 0.295 e. The summed E-state index contributed by atoms with van der Waals surface area (Å²) in [6.07, 6.45) is 1.93. The number of hydrogen-bond acceptors (Lipinski definition) is 2. The highest BCUT2D eigenvalue weighted by Gasteiger charge is 2.34. The van der Waals surface area contributed by atoms with Gasteiger partial charge in [-0.15, -0.1) is 0 Å². The van der Waals surface area contributed by atoms with Crippen LogP contribution in [0.2, 0.25) is 5.02 Å². The molecule has 1 amide bonds. The number of amides is 1. The summed E-state index contributed by atoms with van der Waals surface area (Å²) < 4.78 is 7.21. The van der Waals surface area contributed by atoms with Crippen LogP contribution in [-0.4, -0.2) is 30.6 Å². The Bertz CT molecular complexity index is 947. The van der Waals surface area contributed by atoms with Crippen molar-refractivity contribution >= 4 is 23.0 Å². The predicted molar refractivity (Wildman–Crippen MR) is 95.7 cm³/mol. The summed E-state index contributed by atoms with van der Waals surface area (Å²) in [6.45, 7) is 4.06. The minimum atomic E-state index is -0.120. The van der Waals surface area contributed by atoms with E-state index in [4.69, 9.17) is 16.3 Å². The van der Waals surface area contributed by atoms with Gasteiger partial charge in [0, 0.05) is 17.0 Å². The molecule has 0 saturated carbocycles. The first-order valence-electron chi connectivity index (χ1n) is 8.20. The number of nitrogens with one attached hydrogen (secondary N) is 2. The third-order valence-electron chi connectivity index (χ3n) is 4.50. The van der Waals surface area contributed by atoms with Crippen LogP contribution in [-0.2, 0) is 4.74 Å². The molecular formula is C19H19ClN3O2+. The van der Waals surface area contributed by atoms with E-state index in [-0.39, 0.29) is 11.3 Å². The maximum absolute atomic E-state index is 12.7. The Morgan fingerprint density at radius 1 is 1.32 bits per heavy atom. The lowest BCUT2D eigenvalue weighted by Crippen LogP contribution is -2.48. The maximum atomic E-state index is 12.7. The molecule has 1 aromatic carbocycles.